The van der Waals surface area contributed by atoms with Gasteiger partial charge < -0.3 is 8.83 Å². The van der Waals surface area contributed by atoms with E-state index in [1.165, 1.54) is 0 Å². The maximum atomic E-state index is 6.58. The molecule has 10 rings (SSSR count). The predicted molar refractivity (Wildman–Crippen MR) is 186 cm³/mol. The van der Waals surface area contributed by atoms with Crippen molar-refractivity contribution in [3.05, 3.63) is 140 Å². The number of hydrogen-bond donors (Lipinski definition) is 0. The Hall–Kier alpha value is -6.33. The molecule has 5 nitrogen and oxygen atoms in total. The van der Waals surface area contributed by atoms with Gasteiger partial charge in [-0.25, -0.2) is 15.0 Å². The minimum absolute atomic E-state index is 0.587. The molecule has 0 spiro atoms. The Morgan fingerprint density at radius 3 is 1.93 bits per heavy atom. The highest BCUT2D eigenvalue weighted by atomic mass is 16.4. The highest BCUT2D eigenvalue weighted by Gasteiger charge is 2.22. The molecular weight excluding hydrogens is 566 g/mol. The van der Waals surface area contributed by atoms with Crippen LogP contribution in [0.3, 0.4) is 0 Å². The summed E-state index contributed by atoms with van der Waals surface area (Å²) in [6.45, 7) is 0. The maximum Gasteiger partial charge on any atom is 0.227 e. The first-order chi connectivity index (χ1) is 22.8. The first-order valence-electron chi connectivity index (χ1n) is 15.3. The highest BCUT2D eigenvalue weighted by molar-refractivity contribution is 6.27. The van der Waals surface area contributed by atoms with Crippen molar-refractivity contribution in [1.82, 2.24) is 15.0 Å². The summed E-state index contributed by atoms with van der Waals surface area (Å²) in [6.07, 6.45) is 0. The summed E-state index contributed by atoms with van der Waals surface area (Å²) in [5.74, 6) is 1.24. The van der Waals surface area contributed by atoms with Gasteiger partial charge in [0, 0.05) is 32.8 Å². The molecule has 0 fully saturated rings. The summed E-state index contributed by atoms with van der Waals surface area (Å²) in [5, 5.41) is 7.29. The average Bonchev–Trinajstić information content (AvgIpc) is 3.73. The van der Waals surface area contributed by atoms with E-state index >= 15 is 0 Å². The molecule has 214 valence electrons. The molecule has 0 bridgehead atoms. The lowest BCUT2D eigenvalue weighted by Crippen LogP contribution is -1.97. The predicted octanol–water partition coefficient (Wildman–Crippen LogP) is 11.0. The van der Waals surface area contributed by atoms with E-state index in [0.29, 0.717) is 11.7 Å². The summed E-state index contributed by atoms with van der Waals surface area (Å²) in [6, 6.07) is 47.4. The second-order valence-corrected chi connectivity index (χ2v) is 11.6. The molecule has 10 aromatic rings. The normalized spacial score (nSPS) is 11.9. The Balaban J connectivity index is 1.29. The number of furan rings is 1. The van der Waals surface area contributed by atoms with Crippen LogP contribution in [0.4, 0.5) is 0 Å². The molecule has 7 aromatic carbocycles. The fourth-order valence-electron chi connectivity index (χ4n) is 6.80. The Kier molecular flexibility index (Phi) is 5.22. The first kappa shape index (κ1) is 25.0. The number of rotatable bonds is 3. The SMILES string of the molecule is c1ccc(-c2nc3c(ccc4oc5cc(-c6nc(-c7ccccc7)c7ccc8ccccc8c7n6)c6ccccc6c5c43)o2)cc1. The standard InChI is InChI=1S/C41H23N3O2/c1-3-12-25(13-4-1)37-30-20-19-24-11-7-8-16-27(24)38(30)43-40(42-37)31-23-34-35(29-18-10-9-17-28(29)31)36-32(45-34)21-22-33-39(36)44-41(46-33)26-14-5-2-6-15-26/h1-23H. The molecule has 0 aliphatic rings. The minimum atomic E-state index is 0.587. The zero-order valence-corrected chi connectivity index (χ0v) is 24.4. The van der Waals surface area contributed by atoms with E-state index in [-0.39, 0.29) is 0 Å². The van der Waals surface area contributed by atoms with Crippen molar-refractivity contribution in [2.45, 2.75) is 0 Å². The van der Waals surface area contributed by atoms with E-state index in [0.717, 1.165) is 87.9 Å². The smallest absolute Gasteiger partial charge is 0.227 e. The van der Waals surface area contributed by atoms with E-state index in [9.17, 15) is 0 Å². The summed E-state index contributed by atoms with van der Waals surface area (Å²) < 4.78 is 12.8. The lowest BCUT2D eigenvalue weighted by Gasteiger charge is -2.13. The quantitative estimate of drug-likeness (QED) is 0.192. The van der Waals surface area contributed by atoms with Gasteiger partial charge in [0.15, 0.2) is 11.4 Å². The third-order valence-corrected chi connectivity index (χ3v) is 8.90. The van der Waals surface area contributed by atoms with Gasteiger partial charge >= 0.3 is 0 Å². The van der Waals surface area contributed by atoms with Crippen LogP contribution >= 0.6 is 0 Å². The van der Waals surface area contributed by atoms with Gasteiger partial charge in [-0.15, -0.1) is 0 Å². The molecule has 0 aliphatic carbocycles. The van der Waals surface area contributed by atoms with Crippen LogP contribution < -0.4 is 0 Å². The van der Waals surface area contributed by atoms with Crippen molar-refractivity contribution in [1.29, 1.82) is 0 Å². The van der Waals surface area contributed by atoms with E-state index in [1.54, 1.807) is 0 Å². The Morgan fingerprint density at radius 1 is 0.413 bits per heavy atom. The minimum Gasteiger partial charge on any atom is -0.456 e. The van der Waals surface area contributed by atoms with Crippen LogP contribution in [-0.2, 0) is 0 Å². The van der Waals surface area contributed by atoms with Crippen LogP contribution in [0, 0.1) is 0 Å². The van der Waals surface area contributed by atoms with E-state index in [2.05, 4.69) is 78.9 Å². The maximum absolute atomic E-state index is 6.58. The van der Waals surface area contributed by atoms with Gasteiger partial charge in [-0.1, -0.05) is 103 Å². The van der Waals surface area contributed by atoms with Gasteiger partial charge in [-0.3, -0.25) is 0 Å². The molecule has 46 heavy (non-hydrogen) atoms. The molecule has 5 heteroatoms. The molecule has 0 aliphatic heterocycles. The third-order valence-electron chi connectivity index (χ3n) is 8.90. The second-order valence-electron chi connectivity index (χ2n) is 11.6. The monoisotopic (exact) mass is 589 g/mol. The lowest BCUT2D eigenvalue weighted by molar-refractivity contribution is 0.619. The van der Waals surface area contributed by atoms with E-state index in [1.807, 2.05) is 60.7 Å². The Labute approximate surface area is 262 Å². The lowest BCUT2D eigenvalue weighted by atomic mass is 9.97. The van der Waals surface area contributed by atoms with Gasteiger partial charge in [0.25, 0.3) is 0 Å². The molecule has 0 unspecified atom stereocenters. The summed E-state index contributed by atoms with van der Waals surface area (Å²) in [5.41, 5.74) is 7.73. The topological polar surface area (TPSA) is 65.0 Å². The van der Waals surface area contributed by atoms with Crippen molar-refractivity contribution < 1.29 is 8.83 Å². The molecule has 3 heterocycles. The molecule has 3 aromatic heterocycles. The number of fused-ring (bicyclic) bond motifs is 10. The highest BCUT2D eigenvalue weighted by Crippen LogP contribution is 2.43. The summed E-state index contributed by atoms with van der Waals surface area (Å²) in [4.78, 5) is 15.5. The number of benzene rings is 7. The zero-order valence-electron chi connectivity index (χ0n) is 24.4. The summed E-state index contributed by atoms with van der Waals surface area (Å²) >= 11 is 0. The van der Waals surface area contributed by atoms with Crippen molar-refractivity contribution in [3.63, 3.8) is 0 Å². The number of oxazole rings is 1. The van der Waals surface area contributed by atoms with Crippen LogP contribution in [0.25, 0.3) is 99.6 Å². The molecule has 0 saturated carbocycles. The van der Waals surface area contributed by atoms with Gasteiger partial charge in [-0.05, 0) is 52.6 Å². The molecule has 0 atom stereocenters. The van der Waals surface area contributed by atoms with Crippen LogP contribution in [0.2, 0.25) is 0 Å². The van der Waals surface area contributed by atoms with Gasteiger partial charge in [0.2, 0.25) is 5.89 Å². The summed E-state index contributed by atoms with van der Waals surface area (Å²) in [7, 11) is 0. The van der Waals surface area contributed by atoms with E-state index < -0.39 is 0 Å². The van der Waals surface area contributed by atoms with Gasteiger partial charge in [0.1, 0.15) is 16.7 Å². The van der Waals surface area contributed by atoms with Crippen LogP contribution in [0.5, 0.6) is 0 Å². The average molecular weight is 590 g/mol. The van der Waals surface area contributed by atoms with Crippen LogP contribution in [0.1, 0.15) is 0 Å². The Bertz CT molecular complexity index is 2800. The number of aromatic nitrogens is 3. The van der Waals surface area contributed by atoms with Crippen LogP contribution in [-0.4, -0.2) is 15.0 Å². The molecular formula is C41H23N3O2. The molecule has 0 saturated heterocycles. The van der Waals surface area contributed by atoms with E-state index in [4.69, 9.17) is 23.8 Å². The number of hydrogen-bond acceptors (Lipinski definition) is 5. The largest absolute Gasteiger partial charge is 0.456 e. The van der Waals surface area contributed by atoms with Crippen LogP contribution in [0.15, 0.2) is 148 Å². The zero-order chi connectivity index (χ0) is 30.2. The molecule has 0 radical (unpaired) electrons. The van der Waals surface area contributed by atoms with Gasteiger partial charge in [0.05, 0.1) is 16.6 Å². The molecule has 0 N–H and O–H groups in total. The van der Waals surface area contributed by atoms with Crippen molar-refractivity contribution in [2.24, 2.45) is 0 Å². The molecule has 0 amide bonds. The van der Waals surface area contributed by atoms with Crippen molar-refractivity contribution in [3.8, 4) is 34.1 Å². The van der Waals surface area contributed by atoms with Crippen molar-refractivity contribution >= 4 is 65.5 Å². The number of nitrogens with zero attached hydrogens (tertiary/aromatic N) is 3. The first-order valence-corrected chi connectivity index (χ1v) is 15.3. The van der Waals surface area contributed by atoms with Crippen molar-refractivity contribution in [2.75, 3.05) is 0 Å². The fraction of sp³-hybridized carbons (Fsp3) is 0. The fourth-order valence-corrected chi connectivity index (χ4v) is 6.80. The van der Waals surface area contributed by atoms with Gasteiger partial charge in [-0.2, -0.15) is 0 Å². The Morgan fingerprint density at radius 2 is 1.11 bits per heavy atom. The second kappa shape index (κ2) is 9.58. The third kappa shape index (κ3) is 3.66.